The number of aliphatic hydroxyl groups excluding tert-OH is 1. The first-order valence-corrected chi connectivity index (χ1v) is 17.5. The van der Waals surface area contributed by atoms with Crippen LogP contribution < -0.4 is 4.72 Å². The van der Waals surface area contributed by atoms with E-state index in [0.717, 1.165) is 41.9 Å². The van der Waals surface area contributed by atoms with Gasteiger partial charge in [-0.15, -0.1) is 0 Å². The van der Waals surface area contributed by atoms with Crippen LogP contribution in [-0.2, 0) is 32.6 Å². The first-order valence-electron chi connectivity index (χ1n) is 16.0. The van der Waals surface area contributed by atoms with Crippen molar-refractivity contribution in [1.29, 1.82) is 0 Å². The standard InChI is InChI=1S/C35H45N3O5S/c1-26-33(24-38-21-7-8-31(38)23-37-19-5-6-20-37)42-35(43-34(26)29-15-13-28(25-39)14-16-29)30-17-11-27(12-18-30)22-36-44(40,41)32-9-3-2-4-10-32/h2-4,9-18,26,31,33-36,39H,5-8,19-25H2,1H3/t26-,31+,33+,34+,35+/m1/s1. The molecule has 0 amide bonds. The van der Waals surface area contributed by atoms with E-state index in [9.17, 15) is 13.5 Å². The van der Waals surface area contributed by atoms with E-state index in [2.05, 4.69) is 33.6 Å². The van der Waals surface area contributed by atoms with Gasteiger partial charge in [0, 0.05) is 37.2 Å². The van der Waals surface area contributed by atoms with Gasteiger partial charge in [-0.3, -0.25) is 4.90 Å². The Bertz CT molecular complexity index is 1450. The molecule has 2 N–H and O–H groups in total. The number of nitrogens with one attached hydrogen (secondary N) is 1. The molecule has 0 aliphatic carbocycles. The van der Waals surface area contributed by atoms with Crippen LogP contribution in [0.1, 0.15) is 67.3 Å². The lowest BCUT2D eigenvalue weighted by atomic mass is 9.90. The van der Waals surface area contributed by atoms with Crippen LogP contribution >= 0.6 is 0 Å². The second-order valence-electron chi connectivity index (χ2n) is 12.5. The number of ether oxygens (including phenoxy) is 2. The van der Waals surface area contributed by atoms with Crippen molar-refractivity contribution in [2.45, 2.75) is 75.2 Å². The molecule has 0 unspecified atom stereocenters. The molecule has 6 rings (SSSR count). The number of hydrogen-bond acceptors (Lipinski definition) is 7. The summed E-state index contributed by atoms with van der Waals surface area (Å²) in [7, 11) is -3.59. The largest absolute Gasteiger partial charge is 0.392 e. The van der Waals surface area contributed by atoms with Gasteiger partial charge in [0.2, 0.25) is 10.0 Å². The monoisotopic (exact) mass is 619 g/mol. The van der Waals surface area contributed by atoms with E-state index in [0.29, 0.717) is 6.04 Å². The van der Waals surface area contributed by atoms with Crippen LogP contribution in [0.25, 0.3) is 0 Å². The van der Waals surface area contributed by atoms with Crippen LogP contribution in [0.4, 0.5) is 0 Å². The molecule has 44 heavy (non-hydrogen) atoms. The Kier molecular flexibility index (Phi) is 10.1. The first kappa shape index (κ1) is 31.4. The number of hydrogen-bond donors (Lipinski definition) is 2. The molecule has 9 heteroatoms. The average Bonchev–Trinajstić information content (AvgIpc) is 3.74. The molecular weight excluding hydrogens is 574 g/mol. The number of aliphatic hydroxyl groups is 1. The van der Waals surface area contributed by atoms with Gasteiger partial charge in [-0.1, -0.05) is 73.7 Å². The number of likely N-dealkylation sites (tertiary alicyclic amines) is 2. The van der Waals surface area contributed by atoms with E-state index in [1.165, 1.54) is 38.8 Å². The van der Waals surface area contributed by atoms with Gasteiger partial charge >= 0.3 is 0 Å². The van der Waals surface area contributed by atoms with E-state index in [-0.39, 0.29) is 36.2 Å². The van der Waals surface area contributed by atoms with Gasteiger partial charge in [0.25, 0.3) is 0 Å². The summed E-state index contributed by atoms with van der Waals surface area (Å²) in [5.41, 5.74) is 3.72. The zero-order valence-electron chi connectivity index (χ0n) is 25.6. The van der Waals surface area contributed by atoms with Crippen molar-refractivity contribution in [1.82, 2.24) is 14.5 Å². The van der Waals surface area contributed by atoms with E-state index >= 15 is 0 Å². The number of benzene rings is 3. The molecule has 3 saturated heterocycles. The third-order valence-electron chi connectivity index (χ3n) is 9.48. The number of rotatable bonds is 11. The Morgan fingerprint density at radius 2 is 1.50 bits per heavy atom. The summed E-state index contributed by atoms with van der Waals surface area (Å²) in [6.45, 7) is 7.96. The lowest BCUT2D eigenvalue weighted by Crippen LogP contribution is -2.48. The van der Waals surface area contributed by atoms with Gasteiger partial charge in [0.1, 0.15) is 0 Å². The third-order valence-corrected chi connectivity index (χ3v) is 10.9. The van der Waals surface area contributed by atoms with Crippen LogP contribution in [0.5, 0.6) is 0 Å². The van der Waals surface area contributed by atoms with Gasteiger partial charge in [0.05, 0.1) is 23.7 Å². The predicted molar refractivity (Wildman–Crippen MR) is 170 cm³/mol. The summed E-state index contributed by atoms with van der Waals surface area (Å²) in [4.78, 5) is 5.50. The van der Waals surface area contributed by atoms with Crippen LogP contribution in [0.2, 0.25) is 0 Å². The van der Waals surface area contributed by atoms with Crippen LogP contribution in [0.3, 0.4) is 0 Å². The van der Waals surface area contributed by atoms with Crippen molar-refractivity contribution in [3.05, 3.63) is 101 Å². The lowest BCUT2D eigenvalue weighted by molar-refractivity contribution is -0.276. The van der Waals surface area contributed by atoms with E-state index in [1.807, 2.05) is 36.4 Å². The first-order chi connectivity index (χ1) is 21.4. The molecule has 236 valence electrons. The maximum Gasteiger partial charge on any atom is 0.240 e. The van der Waals surface area contributed by atoms with Gasteiger partial charge in [0.15, 0.2) is 6.29 Å². The van der Waals surface area contributed by atoms with E-state index < -0.39 is 16.3 Å². The average molecular weight is 620 g/mol. The fourth-order valence-corrected chi connectivity index (χ4v) is 7.86. The quantitative estimate of drug-likeness (QED) is 0.312. The molecule has 3 aliphatic heterocycles. The maximum atomic E-state index is 12.7. The van der Waals surface area contributed by atoms with Crippen LogP contribution in [-0.4, -0.2) is 68.2 Å². The summed E-state index contributed by atoms with van der Waals surface area (Å²) >= 11 is 0. The molecule has 3 aromatic carbocycles. The molecule has 0 aromatic heterocycles. The highest BCUT2D eigenvalue weighted by Gasteiger charge is 2.40. The SMILES string of the molecule is C[C@@H]1[C@H](CN2CCC[C@H]2CN2CCCC2)O[C@H](c2ccc(CNS(=O)(=O)c3ccccc3)cc2)O[C@@H]1c1ccc(CO)cc1. The number of nitrogens with zero attached hydrogens (tertiary/aromatic N) is 2. The minimum atomic E-state index is -3.59. The Morgan fingerprint density at radius 1 is 0.818 bits per heavy atom. The highest BCUT2D eigenvalue weighted by molar-refractivity contribution is 7.89. The summed E-state index contributed by atoms with van der Waals surface area (Å²) < 4.78 is 41.5. The van der Waals surface area contributed by atoms with Crippen molar-refractivity contribution >= 4 is 10.0 Å². The Morgan fingerprint density at radius 3 is 2.20 bits per heavy atom. The Balaban J connectivity index is 1.17. The topological polar surface area (TPSA) is 91.3 Å². The minimum Gasteiger partial charge on any atom is -0.392 e. The summed E-state index contributed by atoms with van der Waals surface area (Å²) in [6.07, 6.45) is 4.34. The van der Waals surface area contributed by atoms with Gasteiger partial charge in [-0.05, 0) is 74.1 Å². The second-order valence-corrected chi connectivity index (χ2v) is 14.3. The molecule has 3 aromatic rings. The van der Waals surface area contributed by atoms with Crippen molar-refractivity contribution < 1.29 is 23.0 Å². The van der Waals surface area contributed by atoms with Gasteiger partial charge < -0.3 is 19.5 Å². The Hall–Kier alpha value is -2.63. The van der Waals surface area contributed by atoms with Crippen molar-refractivity contribution in [3.63, 3.8) is 0 Å². The highest BCUT2D eigenvalue weighted by atomic mass is 32.2. The predicted octanol–water partition coefficient (Wildman–Crippen LogP) is 5.01. The van der Waals surface area contributed by atoms with Crippen LogP contribution in [0, 0.1) is 5.92 Å². The molecule has 0 bridgehead atoms. The van der Waals surface area contributed by atoms with Crippen molar-refractivity contribution in [2.24, 2.45) is 5.92 Å². The molecule has 0 saturated carbocycles. The molecule has 0 spiro atoms. The van der Waals surface area contributed by atoms with Crippen molar-refractivity contribution in [2.75, 3.05) is 32.7 Å². The number of sulfonamides is 1. The smallest absolute Gasteiger partial charge is 0.240 e. The fourth-order valence-electron chi connectivity index (χ4n) is 6.82. The Labute approximate surface area is 262 Å². The fraction of sp³-hybridized carbons (Fsp3) is 0.486. The molecule has 0 radical (unpaired) electrons. The van der Waals surface area contributed by atoms with Crippen LogP contribution in [0.15, 0.2) is 83.8 Å². The van der Waals surface area contributed by atoms with Gasteiger partial charge in [-0.2, -0.15) is 0 Å². The molecule has 8 nitrogen and oxygen atoms in total. The third kappa shape index (κ3) is 7.42. The summed E-state index contributed by atoms with van der Waals surface area (Å²) in [6, 6.07) is 24.8. The minimum absolute atomic E-state index is 0.0109. The van der Waals surface area contributed by atoms with Crippen molar-refractivity contribution in [3.8, 4) is 0 Å². The lowest BCUT2D eigenvalue weighted by Gasteiger charge is -2.43. The molecule has 3 aliphatic rings. The zero-order chi connectivity index (χ0) is 30.5. The molecule has 3 fully saturated rings. The van der Waals surface area contributed by atoms with Gasteiger partial charge in [-0.25, -0.2) is 13.1 Å². The summed E-state index contributed by atoms with van der Waals surface area (Å²) in [5.74, 6) is 0.130. The second kappa shape index (κ2) is 14.2. The molecular formula is C35H45N3O5S. The normalized spacial score (nSPS) is 26.7. The highest BCUT2D eigenvalue weighted by Crippen LogP contribution is 2.42. The maximum absolute atomic E-state index is 12.7. The summed E-state index contributed by atoms with van der Waals surface area (Å²) in [5, 5.41) is 9.57. The molecule has 3 heterocycles. The van der Waals surface area contributed by atoms with E-state index in [1.54, 1.807) is 30.3 Å². The zero-order valence-corrected chi connectivity index (χ0v) is 26.4. The molecule has 5 atom stereocenters. The van der Waals surface area contributed by atoms with E-state index in [4.69, 9.17) is 9.47 Å².